The molecule has 2 aromatic carbocycles. The van der Waals surface area contributed by atoms with E-state index in [1.54, 1.807) is 24.3 Å². The van der Waals surface area contributed by atoms with Gasteiger partial charge in [0.2, 0.25) is 5.91 Å². The predicted molar refractivity (Wildman–Crippen MR) is 100.0 cm³/mol. The molecule has 0 aliphatic carbocycles. The van der Waals surface area contributed by atoms with Gasteiger partial charge < -0.3 is 15.4 Å². The van der Waals surface area contributed by atoms with Gasteiger partial charge >= 0.3 is 0 Å². The average molecular weight is 340 g/mol. The summed E-state index contributed by atoms with van der Waals surface area (Å²) in [6, 6.07) is 12.9. The third kappa shape index (κ3) is 5.64. The normalized spacial score (nSPS) is 11.5. The molecule has 0 saturated heterocycles. The van der Waals surface area contributed by atoms with Crippen molar-refractivity contribution in [2.45, 2.75) is 40.2 Å². The molecular weight excluding hydrogens is 316 g/mol. The summed E-state index contributed by atoms with van der Waals surface area (Å²) in [5, 5.41) is 5.53. The van der Waals surface area contributed by atoms with Crippen molar-refractivity contribution in [3.8, 4) is 5.75 Å². The van der Waals surface area contributed by atoms with Gasteiger partial charge in [0.15, 0.2) is 6.10 Å². The number of hydrogen-bond acceptors (Lipinski definition) is 3. The van der Waals surface area contributed by atoms with Gasteiger partial charge in [-0.05, 0) is 67.8 Å². The number of carbonyl (C=O) groups excluding carboxylic acids is 2. The molecule has 0 aliphatic heterocycles. The Morgan fingerprint density at radius 3 is 1.96 bits per heavy atom. The number of hydrogen-bond donors (Lipinski definition) is 2. The molecule has 0 heterocycles. The molecule has 0 fully saturated rings. The van der Waals surface area contributed by atoms with E-state index in [0.29, 0.717) is 23.5 Å². The Morgan fingerprint density at radius 2 is 1.48 bits per heavy atom. The number of rotatable bonds is 6. The zero-order chi connectivity index (χ0) is 18.4. The fraction of sp³-hybridized carbons (Fsp3) is 0.300. The van der Waals surface area contributed by atoms with Crippen LogP contribution in [0.1, 0.15) is 31.4 Å². The zero-order valence-corrected chi connectivity index (χ0v) is 15.1. The number of amides is 2. The molecule has 0 aromatic heterocycles. The molecule has 1 unspecified atom stereocenters. The number of nitrogens with one attached hydrogen (secondary N) is 2. The molecule has 132 valence electrons. The third-order valence-electron chi connectivity index (χ3n) is 3.61. The largest absolute Gasteiger partial charge is 0.481 e. The summed E-state index contributed by atoms with van der Waals surface area (Å²) in [4.78, 5) is 23.5. The maximum absolute atomic E-state index is 12.5. The van der Waals surface area contributed by atoms with E-state index < -0.39 is 6.10 Å². The summed E-state index contributed by atoms with van der Waals surface area (Å²) in [6.45, 7) is 7.35. The summed E-state index contributed by atoms with van der Waals surface area (Å²) in [5.74, 6) is 0.360. The quantitative estimate of drug-likeness (QED) is 0.833. The first-order chi connectivity index (χ1) is 11.9. The van der Waals surface area contributed by atoms with Gasteiger partial charge in [-0.3, -0.25) is 9.59 Å². The predicted octanol–water partition coefficient (Wildman–Crippen LogP) is 4.06. The van der Waals surface area contributed by atoms with E-state index in [0.717, 1.165) is 11.1 Å². The smallest absolute Gasteiger partial charge is 0.265 e. The highest BCUT2D eigenvalue weighted by Gasteiger charge is 2.18. The number of benzene rings is 2. The molecule has 2 aromatic rings. The van der Waals surface area contributed by atoms with Crippen LogP contribution in [0.5, 0.6) is 5.75 Å². The van der Waals surface area contributed by atoms with Crippen molar-refractivity contribution in [2.24, 2.45) is 0 Å². The molecule has 0 aliphatic rings. The lowest BCUT2D eigenvalue weighted by molar-refractivity contribution is -0.122. The first-order valence-corrected chi connectivity index (χ1v) is 8.31. The number of ether oxygens (including phenoxy) is 1. The highest BCUT2D eigenvalue weighted by molar-refractivity contribution is 5.95. The second-order valence-corrected chi connectivity index (χ2v) is 6.09. The first-order valence-electron chi connectivity index (χ1n) is 8.31. The average Bonchev–Trinajstić information content (AvgIpc) is 2.53. The lowest BCUT2D eigenvalue weighted by Crippen LogP contribution is -2.32. The van der Waals surface area contributed by atoms with E-state index in [2.05, 4.69) is 16.7 Å². The van der Waals surface area contributed by atoms with Gasteiger partial charge in [-0.15, -0.1) is 0 Å². The van der Waals surface area contributed by atoms with Crippen LogP contribution in [0.4, 0.5) is 11.4 Å². The van der Waals surface area contributed by atoms with Crippen molar-refractivity contribution in [3.05, 3.63) is 53.6 Å². The Morgan fingerprint density at radius 1 is 0.960 bits per heavy atom. The molecule has 1 atom stereocenters. The Labute approximate surface area is 148 Å². The standard InChI is InChI=1S/C20H24N2O3/c1-5-19(25-18-11-13(2)10-14(3)12-18)20(24)22-17-8-6-16(7-9-17)21-15(4)23/h6-12,19H,5H2,1-4H3,(H,21,23)(H,22,24). The second-order valence-electron chi connectivity index (χ2n) is 6.09. The molecular formula is C20H24N2O3. The minimum atomic E-state index is -0.573. The van der Waals surface area contributed by atoms with Crippen molar-refractivity contribution in [3.63, 3.8) is 0 Å². The van der Waals surface area contributed by atoms with Gasteiger partial charge in [0.25, 0.3) is 5.91 Å². The molecule has 25 heavy (non-hydrogen) atoms. The molecule has 2 N–H and O–H groups in total. The Hall–Kier alpha value is -2.82. The topological polar surface area (TPSA) is 67.4 Å². The van der Waals surface area contributed by atoms with E-state index in [1.807, 2.05) is 32.9 Å². The molecule has 2 rings (SSSR count). The van der Waals surface area contributed by atoms with Gasteiger partial charge in [0.1, 0.15) is 5.75 Å². The maximum Gasteiger partial charge on any atom is 0.265 e. The summed E-state index contributed by atoms with van der Waals surface area (Å²) in [6.07, 6.45) is -0.0146. The van der Waals surface area contributed by atoms with Crippen LogP contribution in [0, 0.1) is 13.8 Å². The molecule has 0 spiro atoms. The first kappa shape index (κ1) is 18.5. The van der Waals surface area contributed by atoms with Crippen LogP contribution in [-0.4, -0.2) is 17.9 Å². The maximum atomic E-state index is 12.5. The fourth-order valence-corrected chi connectivity index (χ4v) is 2.55. The van der Waals surface area contributed by atoms with Crippen molar-refractivity contribution in [1.82, 2.24) is 0 Å². The van der Waals surface area contributed by atoms with E-state index in [1.165, 1.54) is 6.92 Å². The molecule has 0 radical (unpaired) electrons. The Kier molecular flexibility index (Phi) is 6.17. The van der Waals surface area contributed by atoms with Gasteiger partial charge in [-0.25, -0.2) is 0 Å². The van der Waals surface area contributed by atoms with Crippen LogP contribution in [0.2, 0.25) is 0 Å². The third-order valence-corrected chi connectivity index (χ3v) is 3.61. The van der Waals surface area contributed by atoms with Crippen molar-refractivity contribution in [2.75, 3.05) is 10.6 Å². The van der Waals surface area contributed by atoms with Gasteiger partial charge in [-0.2, -0.15) is 0 Å². The van der Waals surface area contributed by atoms with E-state index in [4.69, 9.17) is 4.74 Å². The van der Waals surface area contributed by atoms with E-state index >= 15 is 0 Å². The highest BCUT2D eigenvalue weighted by atomic mass is 16.5. The monoisotopic (exact) mass is 340 g/mol. The van der Waals surface area contributed by atoms with Gasteiger partial charge in [-0.1, -0.05) is 13.0 Å². The van der Waals surface area contributed by atoms with Crippen LogP contribution in [0.15, 0.2) is 42.5 Å². The minimum Gasteiger partial charge on any atom is -0.481 e. The summed E-state index contributed by atoms with van der Waals surface area (Å²) < 4.78 is 5.87. The Balaban J connectivity index is 2.02. The van der Waals surface area contributed by atoms with Crippen LogP contribution in [-0.2, 0) is 9.59 Å². The highest BCUT2D eigenvalue weighted by Crippen LogP contribution is 2.20. The minimum absolute atomic E-state index is 0.135. The van der Waals surface area contributed by atoms with Crippen molar-refractivity contribution in [1.29, 1.82) is 0 Å². The molecule has 2 amide bonds. The van der Waals surface area contributed by atoms with Crippen LogP contribution in [0.25, 0.3) is 0 Å². The van der Waals surface area contributed by atoms with Crippen LogP contribution >= 0.6 is 0 Å². The van der Waals surface area contributed by atoms with E-state index in [-0.39, 0.29) is 11.8 Å². The molecule has 0 saturated carbocycles. The van der Waals surface area contributed by atoms with E-state index in [9.17, 15) is 9.59 Å². The molecule has 5 nitrogen and oxygen atoms in total. The lowest BCUT2D eigenvalue weighted by Gasteiger charge is -2.18. The van der Waals surface area contributed by atoms with Gasteiger partial charge in [0, 0.05) is 18.3 Å². The van der Waals surface area contributed by atoms with Crippen molar-refractivity contribution < 1.29 is 14.3 Å². The number of aryl methyl sites for hydroxylation is 2. The summed E-state index contributed by atoms with van der Waals surface area (Å²) in [7, 11) is 0. The lowest BCUT2D eigenvalue weighted by atomic mass is 10.1. The Bertz CT molecular complexity index is 734. The number of anilines is 2. The zero-order valence-electron chi connectivity index (χ0n) is 15.1. The SMILES string of the molecule is CCC(Oc1cc(C)cc(C)c1)C(=O)Nc1ccc(NC(C)=O)cc1. The van der Waals surface area contributed by atoms with Crippen molar-refractivity contribution >= 4 is 23.2 Å². The van der Waals surface area contributed by atoms with Crippen LogP contribution < -0.4 is 15.4 Å². The number of carbonyl (C=O) groups is 2. The fourth-order valence-electron chi connectivity index (χ4n) is 2.55. The summed E-state index contributed by atoms with van der Waals surface area (Å²) in [5.41, 5.74) is 3.53. The van der Waals surface area contributed by atoms with Gasteiger partial charge in [0.05, 0.1) is 0 Å². The molecule has 5 heteroatoms. The summed E-state index contributed by atoms with van der Waals surface area (Å²) >= 11 is 0. The second kappa shape index (κ2) is 8.33. The van der Waals surface area contributed by atoms with Crippen LogP contribution in [0.3, 0.4) is 0 Å². The molecule has 0 bridgehead atoms.